The molecule has 6 heteroatoms. The van der Waals surface area contributed by atoms with Crippen LogP contribution < -0.4 is 14.2 Å². The molecule has 0 saturated heterocycles. The number of benzene rings is 2. The Morgan fingerprint density at radius 2 is 1.68 bits per heavy atom. The zero-order valence-electron chi connectivity index (χ0n) is 18.2. The van der Waals surface area contributed by atoms with Gasteiger partial charge in [-0.2, -0.15) is 5.10 Å². The third-order valence-electron chi connectivity index (χ3n) is 4.54. The molecular weight excluding hydrogens is 392 g/mol. The molecule has 6 nitrogen and oxygen atoms in total. The molecule has 0 atom stereocenters. The Kier molecular flexibility index (Phi) is 7.87. The Labute approximate surface area is 183 Å². The lowest BCUT2D eigenvalue weighted by Gasteiger charge is -2.13. The second-order valence-corrected chi connectivity index (χ2v) is 6.76. The molecule has 1 aromatic heterocycles. The first-order chi connectivity index (χ1) is 15.1. The average Bonchev–Trinajstić information content (AvgIpc) is 3.28. The van der Waals surface area contributed by atoms with E-state index in [9.17, 15) is 4.79 Å². The molecule has 31 heavy (non-hydrogen) atoms. The first-order valence-electron chi connectivity index (χ1n) is 10.5. The lowest BCUT2D eigenvalue weighted by molar-refractivity contribution is 0.104. The van der Waals surface area contributed by atoms with E-state index >= 15 is 0 Å². The van der Waals surface area contributed by atoms with Crippen LogP contribution in [0.25, 0.3) is 6.08 Å². The normalized spacial score (nSPS) is 10.9. The summed E-state index contributed by atoms with van der Waals surface area (Å²) in [5.41, 5.74) is 2.35. The Morgan fingerprint density at radius 1 is 0.935 bits per heavy atom. The number of nitrogens with zero attached hydrogens (tertiary/aromatic N) is 2. The van der Waals surface area contributed by atoms with E-state index in [0.29, 0.717) is 25.5 Å². The van der Waals surface area contributed by atoms with E-state index < -0.39 is 0 Å². The van der Waals surface area contributed by atoms with Crippen molar-refractivity contribution in [2.24, 2.45) is 0 Å². The molecule has 1 heterocycles. The molecule has 3 aromatic rings. The predicted molar refractivity (Wildman–Crippen MR) is 121 cm³/mol. The number of hydrogen-bond acceptors (Lipinski definition) is 5. The van der Waals surface area contributed by atoms with Gasteiger partial charge in [0.25, 0.3) is 0 Å². The van der Waals surface area contributed by atoms with Gasteiger partial charge in [0.05, 0.1) is 13.2 Å². The summed E-state index contributed by atoms with van der Waals surface area (Å²) in [5, 5.41) is 4.22. The standard InChI is InChI=1S/C25H28N2O4/c1-4-27-16-15-22(26-27)23(28)13-9-19-7-11-21(12-8-19)31-18-20-10-14-24(29-5-2)25(17-20)30-6-3/h7-17H,4-6,18H2,1-3H3/b13-9+. The highest BCUT2D eigenvalue weighted by atomic mass is 16.5. The first-order valence-corrected chi connectivity index (χ1v) is 10.5. The van der Waals surface area contributed by atoms with E-state index in [2.05, 4.69) is 5.10 Å². The third-order valence-corrected chi connectivity index (χ3v) is 4.54. The number of carbonyl (C=O) groups is 1. The van der Waals surface area contributed by atoms with E-state index in [1.54, 1.807) is 23.0 Å². The number of carbonyl (C=O) groups excluding carboxylic acids is 1. The van der Waals surface area contributed by atoms with Crippen LogP contribution in [0.1, 0.15) is 42.4 Å². The monoisotopic (exact) mass is 420 g/mol. The van der Waals surface area contributed by atoms with Crippen LogP contribution in [0, 0.1) is 0 Å². The van der Waals surface area contributed by atoms with Crippen molar-refractivity contribution < 1.29 is 19.0 Å². The van der Waals surface area contributed by atoms with Crippen molar-refractivity contribution in [1.29, 1.82) is 0 Å². The van der Waals surface area contributed by atoms with Gasteiger partial charge in [-0.25, -0.2) is 0 Å². The average molecular weight is 421 g/mol. The quantitative estimate of drug-likeness (QED) is 0.316. The van der Waals surface area contributed by atoms with Gasteiger partial charge in [0.15, 0.2) is 11.5 Å². The number of aromatic nitrogens is 2. The maximum absolute atomic E-state index is 12.2. The fourth-order valence-corrected chi connectivity index (χ4v) is 2.95. The number of aryl methyl sites for hydroxylation is 1. The summed E-state index contributed by atoms with van der Waals surface area (Å²) >= 11 is 0. The van der Waals surface area contributed by atoms with Crippen LogP contribution in [-0.2, 0) is 13.2 Å². The highest BCUT2D eigenvalue weighted by Crippen LogP contribution is 2.29. The van der Waals surface area contributed by atoms with Gasteiger partial charge in [0, 0.05) is 12.7 Å². The lowest BCUT2D eigenvalue weighted by atomic mass is 10.1. The Morgan fingerprint density at radius 3 is 2.35 bits per heavy atom. The smallest absolute Gasteiger partial charge is 0.206 e. The van der Waals surface area contributed by atoms with Crippen LogP contribution in [0.15, 0.2) is 60.8 Å². The SMILES string of the molecule is CCOc1ccc(COc2ccc(/C=C/C(=O)c3ccn(CC)n3)cc2)cc1OCC. The van der Waals surface area contributed by atoms with Gasteiger partial charge < -0.3 is 14.2 Å². The van der Waals surface area contributed by atoms with Gasteiger partial charge >= 0.3 is 0 Å². The first kappa shape index (κ1) is 22.2. The summed E-state index contributed by atoms with van der Waals surface area (Å²) in [6.45, 7) is 8.19. The number of hydrogen-bond donors (Lipinski definition) is 0. The van der Waals surface area contributed by atoms with Crippen molar-refractivity contribution >= 4 is 11.9 Å². The minimum absolute atomic E-state index is 0.117. The van der Waals surface area contributed by atoms with Crippen LogP contribution in [-0.4, -0.2) is 28.8 Å². The highest BCUT2D eigenvalue weighted by Gasteiger charge is 2.07. The Balaban J connectivity index is 1.58. The molecule has 2 aromatic carbocycles. The third kappa shape index (κ3) is 6.22. The minimum atomic E-state index is -0.117. The molecule has 0 radical (unpaired) electrons. The molecule has 0 saturated carbocycles. The van der Waals surface area contributed by atoms with E-state index in [0.717, 1.165) is 34.9 Å². The molecule has 0 amide bonds. The van der Waals surface area contributed by atoms with Crippen molar-refractivity contribution in [2.75, 3.05) is 13.2 Å². The lowest BCUT2D eigenvalue weighted by Crippen LogP contribution is -2.01. The van der Waals surface area contributed by atoms with Gasteiger partial charge in [0.2, 0.25) is 5.78 Å². The maximum Gasteiger partial charge on any atom is 0.206 e. The van der Waals surface area contributed by atoms with E-state index in [1.165, 1.54) is 6.08 Å². The molecule has 0 spiro atoms. The molecule has 0 aliphatic carbocycles. The summed E-state index contributed by atoms with van der Waals surface area (Å²) in [6, 6.07) is 15.1. The van der Waals surface area contributed by atoms with Crippen molar-refractivity contribution in [1.82, 2.24) is 9.78 Å². The number of rotatable bonds is 11. The Hall–Kier alpha value is -3.54. The summed E-state index contributed by atoms with van der Waals surface area (Å²) in [6.07, 6.45) is 5.11. The van der Waals surface area contributed by atoms with Crippen LogP contribution in [0.5, 0.6) is 17.2 Å². The van der Waals surface area contributed by atoms with Crippen molar-refractivity contribution in [3.8, 4) is 17.2 Å². The van der Waals surface area contributed by atoms with Crippen molar-refractivity contribution in [2.45, 2.75) is 33.9 Å². The van der Waals surface area contributed by atoms with Gasteiger partial charge in [0.1, 0.15) is 18.1 Å². The van der Waals surface area contributed by atoms with E-state index in [4.69, 9.17) is 14.2 Å². The fourth-order valence-electron chi connectivity index (χ4n) is 2.95. The summed E-state index contributed by atoms with van der Waals surface area (Å²) in [5.74, 6) is 2.09. The van der Waals surface area contributed by atoms with Crippen LogP contribution in [0.2, 0.25) is 0 Å². The number of ether oxygens (including phenoxy) is 3. The molecule has 0 aliphatic heterocycles. The fraction of sp³-hybridized carbons (Fsp3) is 0.280. The topological polar surface area (TPSA) is 62.6 Å². The molecule has 162 valence electrons. The second-order valence-electron chi connectivity index (χ2n) is 6.76. The largest absolute Gasteiger partial charge is 0.490 e. The van der Waals surface area contributed by atoms with Crippen molar-refractivity contribution in [3.63, 3.8) is 0 Å². The number of ketones is 1. The molecule has 3 rings (SSSR count). The van der Waals surface area contributed by atoms with Gasteiger partial charge in [-0.1, -0.05) is 24.3 Å². The zero-order chi connectivity index (χ0) is 22.1. The summed E-state index contributed by atoms with van der Waals surface area (Å²) < 4.78 is 18.9. The maximum atomic E-state index is 12.2. The van der Waals surface area contributed by atoms with Crippen LogP contribution >= 0.6 is 0 Å². The Bertz CT molecular complexity index is 1020. The second kappa shape index (κ2) is 11.0. The van der Waals surface area contributed by atoms with E-state index in [1.807, 2.05) is 63.2 Å². The molecular formula is C25H28N2O4. The van der Waals surface area contributed by atoms with Gasteiger partial charge in [-0.15, -0.1) is 0 Å². The highest BCUT2D eigenvalue weighted by molar-refractivity contribution is 6.05. The zero-order valence-corrected chi connectivity index (χ0v) is 18.2. The molecule has 0 bridgehead atoms. The molecule has 0 aliphatic rings. The minimum Gasteiger partial charge on any atom is -0.490 e. The van der Waals surface area contributed by atoms with Crippen molar-refractivity contribution in [3.05, 3.63) is 77.6 Å². The van der Waals surface area contributed by atoms with E-state index in [-0.39, 0.29) is 5.78 Å². The molecule has 0 unspecified atom stereocenters. The molecule has 0 N–H and O–H groups in total. The van der Waals surface area contributed by atoms with Gasteiger partial charge in [-0.05, 0) is 68.3 Å². The molecule has 0 fully saturated rings. The van der Waals surface area contributed by atoms with Crippen LogP contribution in [0.3, 0.4) is 0 Å². The predicted octanol–water partition coefficient (Wildman–Crippen LogP) is 5.18. The summed E-state index contributed by atoms with van der Waals surface area (Å²) in [7, 11) is 0. The number of allylic oxidation sites excluding steroid dienone is 1. The van der Waals surface area contributed by atoms with Gasteiger partial charge in [-0.3, -0.25) is 9.48 Å². The van der Waals surface area contributed by atoms with Crippen LogP contribution in [0.4, 0.5) is 0 Å². The summed E-state index contributed by atoms with van der Waals surface area (Å²) in [4.78, 5) is 12.2.